The van der Waals surface area contributed by atoms with Crippen molar-refractivity contribution in [1.82, 2.24) is 5.32 Å². The number of rotatable bonds is 3. The Morgan fingerprint density at radius 1 is 1.00 bits per heavy atom. The Morgan fingerprint density at radius 3 is 2.60 bits per heavy atom. The molecule has 0 spiro atoms. The van der Waals surface area contributed by atoms with E-state index in [0.717, 1.165) is 12.6 Å². The van der Waals surface area contributed by atoms with Gasteiger partial charge in [0.2, 0.25) is 0 Å². The average molecular weight is 197 g/mol. The van der Waals surface area contributed by atoms with E-state index in [1.807, 2.05) is 0 Å². The van der Waals surface area contributed by atoms with Crippen LogP contribution in [-0.2, 0) is 6.54 Å². The normalized spacial score (nSPS) is 15.7. The van der Waals surface area contributed by atoms with Crippen LogP contribution in [0.15, 0.2) is 42.5 Å². The summed E-state index contributed by atoms with van der Waals surface area (Å²) in [6, 6.07) is 16.0. The van der Waals surface area contributed by atoms with Crippen molar-refractivity contribution in [1.29, 1.82) is 0 Å². The number of nitrogens with one attached hydrogen (secondary N) is 1. The topological polar surface area (TPSA) is 12.0 Å². The van der Waals surface area contributed by atoms with Gasteiger partial charge in [-0.05, 0) is 35.2 Å². The average Bonchev–Trinajstić information content (AvgIpc) is 3.10. The number of benzene rings is 2. The first kappa shape index (κ1) is 8.93. The summed E-state index contributed by atoms with van der Waals surface area (Å²) < 4.78 is 0. The van der Waals surface area contributed by atoms with E-state index >= 15 is 0 Å². The van der Waals surface area contributed by atoms with Gasteiger partial charge in [0.25, 0.3) is 0 Å². The van der Waals surface area contributed by atoms with E-state index in [1.165, 1.54) is 29.2 Å². The van der Waals surface area contributed by atoms with Crippen LogP contribution in [0.1, 0.15) is 18.4 Å². The molecule has 0 atom stereocenters. The Balaban J connectivity index is 1.84. The molecular formula is C14H15N. The highest BCUT2D eigenvalue weighted by Crippen LogP contribution is 2.20. The second-order valence-corrected chi connectivity index (χ2v) is 4.34. The van der Waals surface area contributed by atoms with Gasteiger partial charge in [-0.15, -0.1) is 0 Å². The molecule has 0 bridgehead atoms. The van der Waals surface area contributed by atoms with E-state index < -0.39 is 0 Å². The van der Waals surface area contributed by atoms with Gasteiger partial charge in [-0.25, -0.2) is 0 Å². The zero-order valence-electron chi connectivity index (χ0n) is 8.74. The lowest BCUT2D eigenvalue weighted by Crippen LogP contribution is -2.15. The first-order valence-electron chi connectivity index (χ1n) is 5.63. The molecule has 0 amide bonds. The molecule has 1 heteroatoms. The molecule has 1 N–H and O–H groups in total. The van der Waals surface area contributed by atoms with Crippen LogP contribution in [-0.4, -0.2) is 6.04 Å². The second kappa shape index (κ2) is 3.67. The van der Waals surface area contributed by atoms with Gasteiger partial charge >= 0.3 is 0 Å². The highest BCUT2D eigenvalue weighted by atomic mass is 14.9. The third kappa shape index (κ3) is 2.02. The largest absolute Gasteiger partial charge is 0.310 e. The number of hydrogen-bond acceptors (Lipinski definition) is 1. The Kier molecular flexibility index (Phi) is 2.18. The summed E-state index contributed by atoms with van der Waals surface area (Å²) in [5.74, 6) is 0. The van der Waals surface area contributed by atoms with Crippen LogP contribution in [0, 0.1) is 0 Å². The number of fused-ring (bicyclic) bond motifs is 1. The minimum Gasteiger partial charge on any atom is -0.310 e. The molecule has 1 saturated carbocycles. The Morgan fingerprint density at radius 2 is 1.80 bits per heavy atom. The fraction of sp³-hybridized carbons (Fsp3) is 0.286. The van der Waals surface area contributed by atoms with Crippen LogP contribution >= 0.6 is 0 Å². The molecule has 0 saturated heterocycles. The summed E-state index contributed by atoms with van der Waals surface area (Å²) in [5.41, 5.74) is 1.39. The summed E-state index contributed by atoms with van der Waals surface area (Å²) in [6.07, 6.45) is 2.71. The lowest BCUT2D eigenvalue weighted by Gasteiger charge is -2.04. The van der Waals surface area contributed by atoms with Gasteiger partial charge in [-0.1, -0.05) is 36.4 Å². The molecule has 2 aromatic rings. The molecule has 0 aromatic heterocycles. The Hall–Kier alpha value is -1.34. The molecule has 0 aliphatic heterocycles. The Labute approximate surface area is 90.1 Å². The molecule has 0 heterocycles. The van der Waals surface area contributed by atoms with Gasteiger partial charge in [0.15, 0.2) is 0 Å². The van der Waals surface area contributed by atoms with Crippen molar-refractivity contribution in [3.8, 4) is 0 Å². The van der Waals surface area contributed by atoms with E-state index in [9.17, 15) is 0 Å². The molecule has 1 aliphatic carbocycles. The van der Waals surface area contributed by atoms with E-state index in [1.54, 1.807) is 0 Å². The monoisotopic (exact) mass is 197 g/mol. The SMILES string of the molecule is c1ccc2cc(CNC3CC3)ccc2c1. The fourth-order valence-corrected chi connectivity index (χ4v) is 1.90. The summed E-state index contributed by atoms with van der Waals surface area (Å²) in [4.78, 5) is 0. The van der Waals surface area contributed by atoms with Gasteiger partial charge in [-0.3, -0.25) is 0 Å². The van der Waals surface area contributed by atoms with E-state index in [2.05, 4.69) is 47.8 Å². The van der Waals surface area contributed by atoms with Gasteiger partial charge in [-0.2, -0.15) is 0 Å². The molecule has 3 rings (SSSR count). The molecule has 1 aliphatic rings. The predicted molar refractivity (Wildman–Crippen MR) is 63.8 cm³/mol. The van der Waals surface area contributed by atoms with Crippen molar-refractivity contribution in [2.45, 2.75) is 25.4 Å². The zero-order valence-corrected chi connectivity index (χ0v) is 8.74. The minimum absolute atomic E-state index is 0.788. The third-order valence-electron chi connectivity index (χ3n) is 2.99. The van der Waals surface area contributed by atoms with Crippen molar-refractivity contribution in [3.05, 3.63) is 48.0 Å². The van der Waals surface area contributed by atoms with Gasteiger partial charge < -0.3 is 5.32 Å². The highest BCUT2D eigenvalue weighted by Gasteiger charge is 2.19. The van der Waals surface area contributed by atoms with Gasteiger partial charge in [0.05, 0.1) is 0 Å². The molecule has 0 unspecified atom stereocenters. The maximum absolute atomic E-state index is 3.54. The van der Waals surface area contributed by atoms with Crippen LogP contribution in [0.3, 0.4) is 0 Å². The molecule has 2 aromatic carbocycles. The first-order valence-corrected chi connectivity index (χ1v) is 5.63. The molecule has 1 nitrogen and oxygen atoms in total. The van der Waals surface area contributed by atoms with Crippen molar-refractivity contribution in [2.24, 2.45) is 0 Å². The Bertz CT molecular complexity index is 471. The van der Waals surface area contributed by atoms with Crippen LogP contribution in [0.5, 0.6) is 0 Å². The quantitative estimate of drug-likeness (QED) is 0.797. The van der Waals surface area contributed by atoms with E-state index in [4.69, 9.17) is 0 Å². The molecule has 1 fully saturated rings. The summed E-state index contributed by atoms with van der Waals surface area (Å²) in [5, 5.41) is 6.20. The van der Waals surface area contributed by atoms with Crippen molar-refractivity contribution >= 4 is 10.8 Å². The van der Waals surface area contributed by atoms with E-state index in [-0.39, 0.29) is 0 Å². The maximum Gasteiger partial charge on any atom is 0.0208 e. The lowest BCUT2D eigenvalue weighted by molar-refractivity contribution is 0.688. The van der Waals surface area contributed by atoms with Gasteiger partial charge in [0.1, 0.15) is 0 Å². The molecule has 15 heavy (non-hydrogen) atoms. The standard InChI is InChI=1S/C14H15N/c1-2-4-13-9-11(5-6-12(13)3-1)10-15-14-7-8-14/h1-6,9,14-15H,7-8,10H2. The van der Waals surface area contributed by atoms with Gasteiger partial charge in [0, 0.05) is 12.6 Å². The summed E-state index contributed by atoms with van der Waals surface area (Å²) in [7, 11) is 0. The van der Waals surface area contributed by atoms with Crippen molar-refractivity contribution < 1.29 is 0 Å². The van der Waals surface area contributed by atoms with Crippen LogP contribution < -0.4 is 5.32 Å². The van der Waals surface area contributed by atoms with Crippen LogP contribution in [0.2, 0.25) is 0 Å². The highest BCUT2D eigenvalue weighted by molar-refractivity contribution is 5.82. The lowest BCUT2D eigenvalue weighted by atomic mass is 10.1. The minimum atomic E-state index is 0.788. The van der Waals surface area contributed by atoms with Crippen molar-refractivity contribution in [2.75, 3.05) is 0 Å². The molecule has 76 valence electrons. The summed E-state index contributed by atoms with van der Waals surface area (Å²) >= 11 is 0. The van der Waals surface area contributed by atoms with Crippen LogP contribution in [0.4, 0.5) is 0 Å². The van der Waals surface area contributed by atoms with Crippen LogP contribution in [0.25, 0.3) is 10.8 Å². The second-order valence-electron chi connectivity index (χ2n) is 4.34. The van der Waals surface area contributed by atoms with Crippen molar-refractivity contribution in [3.63, 3.8) is 0 Å². The summed E-state index contributed by atoms with van der Waals surface area (Å²) in [6.45, 7) is 1.01. The van der Waals surface area contributed by atoms with E-state index in [0.29, 0.717) is 0 Å². The smallest absolute Gasteiger partial charge is 0.0208 e. The predicted octanol–water partition coefficient (Wildman–Crippen LogP) is 3.09. The third-order valence-corrected chi connectivity index (χ3v) is 2.99. The zero-order chi connectivity index (χ0) is 10.1. The number of hydrogen-bond donors (Lipinski definition) is 1. The molecular weight excluding hydrogens is 182 g/mol. The fourth-order valence-electron chi connectivity index (χ4n) is 1.90. The molecule has 0 radical (unpaired) electrons. The maximum atomic E-state index is 3.54. The first-order chi connectivity index (χ1) is 7.42.